The van der Waals surface area contributed by atoms with Gasteiger partial charge in [0.1, 0.15) is 0 Å². The molecule has 66 valence electrons. The molecule has 1 nitrogen and oxygen atoms in total. The highest BCUT2D eigenvalue weighted by molar-refractivity contribution is 7.08. The first-order chi connectivity index (χ1) is 5.43. The van der Waals surface area contributed by atoms with Crippen LogP contribution < -0.4 is 0 Å². The second kappa shape index (κ2) is 3.02. The highest BCUT2D eigenvalue weighted by atomic mass is 32.1. The summed E-state index contributed by atoms with van der Waals surface area (Å²) in [7, 11) is 0. The van der Waals surface area contributed by atoms with Gasteiger partial charge in [0.2, 0.25) is 0 Å². The van der Waals surface area contributed by atoms with Gasteiger partial charge in [-0.05, 0) is 17.9 Å². The Hall–Kier alpha value is -0.630. The first-order valence-corrected chi connectivity index (χ1v) is 4.95. The summed E-state index contributed by atoms with van der Waals surface area (Å²) in [5.74, 6) is 0.237. The van der Waals surface area contributed by atoms with Crippen LogP contribution >= 0.6 is 11.3 Å². The zero-order valence-electron chi connectivity index (χ0n) is 7.97. The van der Waals surface area contributed by atoms with Gasteiger partial charge in [-0.25, -0.2) is 0 Å². The van der Waals surface area contributed by atoms with Crippen LogP contribution in [0.2, 0.25) is 0 Å². The predicted octanol–water partition coefficient (Wildman–Crippen LogP) is 3.29. The summed E-state index contributed by atoms with van der Waals surface area (Å²) >= 11 is 1.59. The minimum Gasteiger partial charge on any atom is -0.294 e. The number of ketones is 1. The maximum Gasteiger partial charge on any atom is 0.169 e. The monoisotopic (exact) mass is 182 g/mol. The van der Waals surface area contributed by atoms with Gasteiger partial charge < -0.3 is 0 Å². The largest absolute Gasteiger partial charge is 0.294 e. The van der Waals surface area contributed by atoms with Crippen molar-refractivity contribution in [3.05, 3.63) is 21.9 Å². The fourth-order valence-corrected chi connectivity index (χ4v) is 1.83. The second-order valence-electron chi connectivity index (χ2n) is 4.05. The minimum atomic E-state index is -0.258. The standard InChI is InChI=1S/C10H14OS/c1-7-5-12-6-8(7)9(11)10(2,3)4/h5-6H,1-4H3. The molecule has 12 heavy (non-hydrogen) atoms. The Morgan fingerprint density at radius 2 is 1.92 bits per heavy atom. The average Bonchev–Trinajstić information content (AvgIpc) is 2.31. The van der Waals surface area contributed by atoms with Crippen molar-refractivity contribution in [2.45, 2.75) is 27.7 Å². The third-order valence-corrected chi connectivity index (χ3v) is 2.64. The minimum absolute atomic E-state index is 0.237. The number of thiophene rings is 1. The van der Waals surface area contributed by atoms with Crippen molar-refractivity contribution in [2.75, 3.05) is 0 Å². The van der Waals surface area contributed by atoms with E-state index in [0.717, 1.165) is 11.1 Å². The molecule has 0 saturated heterocycles. The number of carbonyl (C=O) groups excluding carboxylic acids is 1. The van der Waals surface area contributed by atoms with Crippen LogP contribution in [0.3, 0.4) is 0 Å². The number of rotatable bonds is 1. The van der Waals surface area contributed by atoms with Crippen LogP contribution in [0.5, 0.6) is 0 Å². The first-order valence-electron chi connectivity index (χ1n) is 4.00. The zero-order chi connectivity index (χ0) is 9.35. The van der Waals surface area contributed by atoms with Gasteiger partial charge in [-0.1, -0.05) is 20.8 Å². The molecule has 0 spiro atoms. The second-order valence-corrected chi connectivity index (χ2v) is 4.79. The molecule has 1 aromatic heterocycles. The van der Waals surface area contributed by atoms with Gasteiger partial charge in [-0.3, -0.25) is 4.79 Å². The molecule has 0 aliphatic rings. The molecule has 0 aliphatic carbocycles. The molecule has 0 saturated carbocycles. The molecule has 0 aromatic carbocycles. The molecular weight excluding hydrogens is 168 g/mol. The molecule has 0 N–H and O–H groups in total. The molecule has 0 amide bonds. The number of aryl methyl sites for hydroxylation is 1. The molecule has 0 unspecified atom stereocenters. The fourth-order valence-electron chi connectivity index (χ4n) is 0.997. The van der Waals surface area contributed by atoms with E-state index in [-0.39, 0.29) is 11.2 Å². The van der Waals surface area contributed by atoms with Crippen molar-refractivity contribution < 1.29 is 4.79 Å². The Labute approximate surface area is 77.4 Å². The summed E-state index contributed by atoms with van der Waals surface area (Å²) < 4.78 is 0. The van der Waals surface area contributed by atoms with E-state index >= 15 is 0 Å². The van der Waals surface area contributed by atoms with Crippen LogP contribution in [0.4, 0.5) is 0 Å². The molecule has 0 radical (unpaired) electrons. The highest BCUT2D eigenvalue weighted by Gasteiger charge is 2.24. The maximum absolute atomic E-state index is 11.8. The normalized spacial score (nSPS) is 11.7. The van der Waals surface area contributed by atoms with Crippen molar-refractivity contribution in [2.24, 2.45) is 5.41 Å². The summed E-state index contributed by atoms with van der Waals surface area (Å²) in [6.07, 6.45) is 0. The van der Waals surface area contributed by atoms with Gasteiger partial charge in [-0.15, -0.1) is 0 Å². The summed E-state index contributed by atoms with van der Waals surface area (Å²) in [5.41, 5.74) is 1.72. The molecule has 1 aromatic rings. The lowest BCUT2D eigenvalue weighted by Crippen LogP contribution is -2.20. The van der Waals surface area contributed by atoms with E-state index in [4.69, 9.17) is 0 Å². The van der Waals surface area contributed by atoms with Crippen LogP contribution in [0, 0.1) is 12.3 Å². The summed E-state index contributed by atoms with van der Waals surface area (Å²) in [6, 6.07) is 0. The van der Waals surface area contributed by atoms with E-state index in [2.05, 4.69) is 0 Å². The van der Waals surface area contributed by atoms with E-state index in [1.807, 2.05) is 38.5 Å². The van der Waals surface area contributed by atoms with Gasteiger partial charge in [-0.2, -0.15) is 11.3 Å². The Morgan fingerprint density at radius 3 is 2.25 bits per heavy atom. The topological polar surface area (TPSA) is 17.1 Å². The van der Waals surface area contributed by atoms with Crippen molar-refractivity contribution >= 4 is 17.1 Å². The van der Waals surface area contributed by atoms with Crippen LogP contribution in [0.25, 0.3) is 0 Å². The lowest BCUT2D eigenvalue weighted by Gasteiger charge is -2.15. The Morgan fingerprint density at radius 1 is 1.33 bits per heavy atom. The van der Waals surface area contributed by atoms with E-state index in [1.165, 1.54) is 0 Å². The number of carbonyl (C=O) groups is 1. The molecule has 1 rings (SSSR count). The predicted molar refractivity (Wildman–Crippen MR) is 52.8 cm³/mol. The van der Waals surface area contributed by atoms with Crippen molar-refractivity contribution in [3.8, 4) is 0 Å². The Kier molecular flexibility index (Phi) is 2.38. The van der Waals surface area contributed by atoms with Gasteiger partial charge in [0.15, 0.2) is 5.78 Å². The number of hydrogen-bond acceptors (Lipinski definition) is 2. The number of Topliss-reactive ketones (excluding diaryl/α,β-unsaturated/α-hetero) is 1. The van der Waals surface area contributed by atoms with Crippen molar-refractivity contribution in [1.29, 1.82) is 0 Å². The third-order valence-electron chi connectivity index (χ3n) is 1.78. The Balaban J connectivity index is 3.01. The smallest absolute Gasteiger partial charge is 0.169 e. The third kappa shape index (κ3) is 1.75. The fraction of sp³-hybridized carbons (Fsp3) is 0.500. The molecule has 0 aliphatic heterocycles. The summed E-state index contributed by atoms with van der Waals surface area (Å²) in [5, 5.41) is 3.95. The molecule has 1 heterocycles. The van der Waals surface area contributed by atoms with Crippen LogP contribution in [-0.4, -0.2) is 5.78 Å². The molecule has 0 atom stereocenters. The van der Waals surface area contributed by atoms with Crippen LogP contribution in [-0.2, 0) is 0 Å². The van der Waals surface area contributed by atoms with E-state index < -0.39 is 0 Å². The molecule has 0 fully saturated rings. The lowest BCUT2D eigenvalue weighted by atomic mass is 9.86. The van der Waals surface area contributed by atoms with E-state index in [1.54, 1.807) is 11.3 Å². The van der Waals surface area contributed by atoms with E-state index in [0.29, 0.717) is 0 Å². The van der Waals surface area contributed by atoms with Crippen LogP contribution in [0.15, 0.2) is 10.8 Å². The van der Waals surface area contributed by atoms with Crippen LogP contribution in [0.1, 0.15) is 36.7 Å². The first kappa shape index (κ1) is 9.46. The summed E-state index contributed by atoms with van der Waals surface area (Å²) in [6.45, 7) is 7.83. The van der Waals surface area contributed by atoms with E-state index in [9.17, 15) is 4.79 Å². The summed E-state index contributed by atoms with van der Waals surface area (Å²) in [4.78, 5) is 11.8. The van der Waals surface area contributed by atoms with Gasteiger partial charge in [0.05, 0.1) is 0 Å². The maximum atomic E-state index is 11.8. The molecule has 2 heteroatoms. The molecular formula is C10H14OS. The molecule has 0 bridgehead atoms. The van der Waals surface area contributed by atoms with Gasteiger partial charge >= 0.3 is 0 Å². The van der Waals surface area contributed by atoms with Gasteiger partial charge in [0, 0.05) is 16.4 Å². The number of hydrogen-bond donors (Lipinski definition) is 0. The highest BCUT2D eigenvalue weighted by Crippen LogP contribution is 2.24. The SMILES string of the molecule is Cc1cscc1C(=O)C(C)(C)C. The van der Waals surface area contributed by atoms with Crippen molar-refractivity contribution in [1.82, 2.24) is 0 Å². The Bertz CT molecular complexity index is 291. The van der Waals surface area contributed by atoms with Crippen molar-refractivity contribution in [3.63, 3.8) is 0 Å². The quantitative estimate of drug-likeness (QED) is 0.609. The zero-order valence-corrected chi connectivity index (χ0v) is 8.79. The lowest BCUT2D eigenvalue weighted by molar-refractivity contribution is 0.0858. The van der Waals surface area contributed by atoms with Gasteiger partial charge in [0.25, 0.3) is 0 Å². The average molecular weight is 182 g/mol.